The number of aryl methyl sites for hydroxylation is 2. The minimum atomic E-state index is -0.308. The molecule has 0 aromatic heterocycles. The molecule has 0 saturated carbocycles. The van der Waals surface area contributed by atoms with Crippen LogP contribution in [0.1, 0.15) is 32.6 Å². The molecule has 0 aliphatic heterocycles. The van der Waals surface area contributed by atoms with Crippen molar-refractivity contribution in [2.45, 2.75) is 20.8 Å². The van der Waals surface area contributed by atoms with Gasteiger partial charge >= 0.3 is 0 Å². The number of carbonyl (C=O) groups is 2. The van der Waals surface area contributed by atoms with Gasteiger partial charge in [-0.25, -0.2) is 5.43 Å². The second-order valence-corrected chi connectivity index (χ2v) is 8.54. The Morgan fingerprint density at radius 2 is 1.79 bits per heavy atom. The maximum absolute atomic E-state index is 12.4. The first-order chi connectivity index (χ1) is 16.3. The monoisotopic (exact) mass is 523 g/mol. The van der Waals surface area contributed by atoms with E-state index in [4.69, 9.17) is 9.47 Å². The summed E-state index contributed by atoms with van der Waals surface area (Å²) in [6.07, 6.45) is 1.50. The number of ether oxygens (including phenoxy) is 2. The second-order valence-electron chi connectivity index (χ2n) is 7.68. The fourth-order valence-corrected chi connectivity index (χ4v) is 3.67. The molecular formula is C26H26BrN3O4. The molecule has 3 aromatic carbocycles. The lowest BCUT2D eigenvalue weighted by Crippen LogP contribution is -2.21. The van der Waals surface area contributed by atoms with Crippen LogP contribution in [0.3, 0.4) is 0 Å². The molecule has 0 bridgehead atoms. The zero-order valence-corrected chi connectivity index (χ0v) is 21.0. The van der Waals surface area contributed by atoms with Crippen LogP contribution in [0.25, 0.3) is 0 Å². The van der Waals surface area contributed by atoms with Crippen LogP contribution in [0.15, 0.2) is 64.2 Å². The molecule has 0 spiro atoms. The SMILES string of the molecule is COc1cc(/C=N/NC(=O)c2ccc(C)cc2)cc(Br)c1OCC(=O)Nc1cccc(C)c1C. The molecule has 0 heterocycles. The lowest BCUT2D eigenvalue weighted by molar-refractivity contribution is -0.118. The Balaban J connectivity index is 1.64. The Hall–Kier alpha value is -3.65. The predicted molar refractivity (Wildman–Crippen MR) is 137 cm³/mol. The van der Waals surface area contributed by atoms with E-state index in [1.54, 1.807) is 24.3 Å². The van der Waals surface area contributed by atoms with Gasteiger partial charge < -0.3 is 14.8 Å². The van der Waals surface area contributed by atoms with E-state index in [0.717, 1.165) is 22.4 Å². The van der Waals surface area contributed by atoms with E-state index < -0.39 is 0 Å². The van der Waals surface area contributed by atoms with Gasteiger partial charge in [-0.05, 0) is 83.7 Å². The smallest absolute Gasteiger partial charge is 0.271 e. The van der Waals surface area contributed by atoms with Gasteiger partial charge in [0.1, 0.15) is 0 Å². The molecule has 3 rings (SSSR count). The first-order valence-electron chi connectivity index (χ1n) is 10.5. The quantitative estimate of drug-likeness (QED) is 0.315. The van der Waals surface area contributed by atoms with Crippen LogP contribution in [0.2, 0.25) is 0 Å². The molecule has 0 radical (unpaired) electrons. The third-order valence-electron chi connectivity index (χ3n) is 5.17. The average molecular weight is 524 g/mol. The lowest BCUT2D eigenvalue weighted by Gasteiger charge is -2.14. The Morgan fingerprint density at radius 1 is 1.06 bits per heavy atom. The Bertz CT molecular complexity index is 1220. The van der Waals surface area contributed by atoms with E-state index in [-0.39, 0.29) is 18.4 Å². The summed E-state index contributed by atoms with van der Waals surface area (Å²) < 4.78 is 11.7. The number of methoxy groups -OCH3 is 1. The van der Waals surface area contributed by atoms with Gasteiger partial charge in [0, 0.05) is 11.3 Å². The van der Waals surface area contributed by atoms with Crippen molar-refractivity contribution in [2.24, 2.45) is 5.10 Å². The zero-order chi connectivity index (χ0) is 24.7. The van der Waals surface area contributed by atoms with Gasteiger partial charge in [-0.2, -0.15) is 5.10 Å². The summed E-state index contributed by atoms with van der Waals surface area (Å²) in [5.41, 5.74) is 7.61. The van der Waals surface area contributed by atoms with Crippen molar-refractivity contribution in [1.29, 1.82) is 0 Å². The van der Waals surface area contributed by atoms with Crippen molar-refractivity contribution in [1.82, 2.24) is 5.43 Å². The highest BCUT2D eigenvalue weighted by Gasteiger charge is 2.14. The van der Waals surface area contributed by atoms with Crippen molar-refractivity contribution in [3.05, 3.63) is 86.9 Å². The molecule has 176 valence electrons. The van der Waals surface area contributed by atoms with Gasteiger partial charge in [0.05, 0.1) is 17.8 Å². The molecule has 0 unspecified atom stereocenters. The molecule has 2 amide bonds. The van der Waals surface area contributed by atoms with Crippen LogP contribution < -0.4 is 20.2 Å². The lowest BCUT2D eigenvalue weighted by atomic mass is 10.1. The van der Waals surface area contributed by atoms with Crippen molar-refractivity contribution < 1.29 is 19.1 Å². The molecule has 0 aliphatic carbocycles. The Kier molecular flexibility index (Phi) is 8.43. The van der Waals surface area contributed by atoms with Gasteiger partial charge in [-0.3, -0.25) is 9.59 Å². The van der Waals surface area contributed by atoms with Crippen molar-refractivity contribution in [3.63, 3.8) is 0 Å². The maximum atomic E-state index is 12.4. The number of hydrogen-bond acceptors (Lipinski definition) is 5. The molecule has 0 saturated heterocycles. The summed E-state index contributed by atoms with van der Waals surface area (Å²) in [6, 6.07) is 16.4. The molecule has 8 heteroatoms. The number of hydrogen-bond donors (Lipinski definition) is 2. The number of benzene rings is 3. The molecule has 0 aliphatic rings. The van der Waals surface area contributed by atoms with Crippen LogP contribution in [0.4, 0.5) is 5.69 Å². The second kappa shape index (κ2) is 11.5. The van der Waals surface area contributed by atoms with Crippen molar-refractivity contribution >= 4 is 39.6 Å². The molecule has 0 atom stereocenters. The number of nitrogens with zero attached hydrogens (tertiary/aromatic N) is 1. The fourth-order valence-electron chi connectivity index (χ4n) is 3.10. The standard InChI is InChI=1S/C26H26BrN3O4/c1-16-8-10-20(11-9-16)26(32)30-28-14-19-12-21(27)25(23(13-19)33-4)34-15-24(31)29-22-7-5-6-17(2)18(22)3/h5-14H,15H2,1-4H3,(H,29,31)(H,30,32)/b28-14+. The normalized spacial score (nSPS) is 10.7. The van der Waals surface area contributed by atoms with Crippen LogP contribution in [0, 0.1) is 20.8 Å². The van der Waals surface area contributed by atoms with Crippen LogP contribution in [-0.4, -0.2) is 31.7 Å². The van der Waals surface area contributed by atoms with Crippen LogP contribution >= 0.6 is 15.9 Å². The predicted octanol–water partition coefficient (Wildman–Crippen LogP) is 5.16. The number of hydrazone groups is 1. The van der Waals surface area contributed by atoms with Gasteiger partial charge in [0.25, 0.3) is 11.8 Å². The third kappa shape index (κ3) is 6.45. The summed E-state index contributed by atoms with van der Waals surface area (Å²) in [6.45, 7) is 5.70. The summed E-state index contributed by atoms with van der Waals surface area (Å²) in [4.78, 5) is 24.6. The van der Waals surface area contributed by atoms with Crippen molar-refractivity contribution in [2.75, 3.05) is 19.0 Å². The highest BCUT2D eigenvalue weighted by atomic mass is 79.9. The molecule has 3 aromatic rings. The number of halogens is 1. The number of amides is 2. The van der Waals surface area contributed by atoms with Crippen LogP contribution in [-0.2, 0) is 4.79 Å². The topological polar surface area (TPSA) is 89.0 Å². The first-order valence-corrected chi connectivity index (χ1v) is 11.3. The average Bonchev–Trinajstić information content (AvgIpc) is 2.81. The third-order valence-corrected chi connectivity index (χ3v) is 5.76. The Morgan fingerprint density at radius 3 is 2.50 bits per heavy atom. The summed E-state index contributed by atoms with van der Waals surface area (Å²) in [5.74, 6) is 0.212. The van der Waals surface area contributed by atoms with Gasteiger partial charge in [0.2, 0.25) is 0 Å². The first kappa shape index (κ1) is 25.0. The summed E-state index contributed by atoms with van der Waals surface area (Å²) in [7, 11) is 1.50. The highest BCUT2D eigenvalue weighted by molar-refractivity contribution is 9.10. The molecule has 2 N–H and O–H groups in total. The van der Waals surface area contributed by atoms with Crippen LogP contribution in [0.5, 0.6) is 11.5 Å². The maximum Gasteiger partial charge on any atom is 0.271 e. The fraction of sp³-hybridized carbons (Fsp3) is 0.192. The zero-order valence-electron chi connectivity index (χ0n) is 19.4. The summed E-state index contributed by atoms with van der Waals surface area (Å²) in [5, 5.41) is 6.88. The number of carbonyl (C=O) groups excluding carboxylic acids is 2. The van der Waals surface area contributed by atoms with E-state index in [1.165, 1.54) is 13.3 Å². The summed E-state index contributed by atoms with van der Waals surface area (Å²) >= 11 is 3.46. The van der Waals surface area contributed by atoms with E-state index in [9.17, 15) is 9.59 Å². The molecule has 7 nitrogen and oxygen atoms in total. The number of rotatable bonds is 8. The Labute approximate surface area is 207 Å². The van der Waals surface area contributed by atoms with Gasteiger partial charge in [-0.15, -0.1) is 0 Å². The van der Waals surface area contributed by atoms with Gasteiger partial charge in [-0.1, -0.05) is 29.8 Å². The van der Waals surface area contributed by atoms with E-state index >= 15 is 0 Å². The minimum Gasteiger partial charge on any atom is -0.493 e. The van der Waals surface area contributed by atoms with E-state index in [2.05, 4.69) is 31.8 Å². The molecule has 34 heavy (non-hydrogen) atoms. The highest BCUT2D eigenvalue weighted by Crippen LogP contribution is 2.36. The number of nitrogens with one attached hydrogen (secondary N) is 2. The molecular weight excluding hydrogens is 498 g/mol. The van der Waals surface area contributed by atoms with Gasteiger partial charge in [0.15, 0.2) is 18.1 Å². The van der Waals surface area contributed by atoms with E-state index in [1.807, 2.05) is 51.1 Å². The molecule has 0 fully saturated rings. The number of anilines is 1. The van der Waals surface area contributed by atoms with Crippen molar-refractivity contribution in [3.8, 4) is 11.5 Å². The largest absolute Gasteiger partial charge is 0.493 e. The minimum absolute atomic E-state index is 0.192. The van der Waals surface area contributed by atoms with E-state index in [0.29, 0.717) is 27.1 Å².